The maximum atomic E-state index is 13.9. The molecule has 0 radical (unpaired) electrons. The van der Waals surface area contributed by atoms with Gasteiger partial charge in [-0.1, -0.05) is 66.2 Å². The predicted octanol–water partition coefficient (Wildman–Crippen LogP) is 6.91. The van der Waals surface area contributed by atoms with Crippen LogP contribution >= 0.6 is 11.6 Å². The monoisotopic (exact) mass is 578 g/mol. The number of hydrogen-bond donors (Lipinski definition) is 1. The normalized spacial score (nSPS) is 12.3. The second kappa shape index (κ2) is 13.1. The van der Waals surface area contributed by atoms with Gasteiger partial charge in [-0.25, -0.2) is 8.42 Å². The molecule has 9 heteroatoms. The van der Waals surface area contributed by atoms with Crippen LogP contribution in [0.3, 0.4) is 0 Å². The van der Waals surface area contributed by atoms with Gasteiger partial charge in [0.25, 0.3) is 0 Å². The van der Waals surface area contributed by atoms with Gasteiger partial charge in [0.2, 0.25) is 10.0 Å². The summed E-state index contributed by atoms with van der Waals surface area (Å²) in [5, 5.41) is 9.53. The maximum absolute atomic E-state index is 13.9. The van der Waals surface area contributed by atoms with Gasteiger partial charge in [-0.05, 0) is 66.8 Å². The highest BCUT2D eigenvalue weighted by Crippen LogP contribution is 2.35. The molecule has 0 saturated carbocycles. The Morgan fingerprint density at radius 1 is 1.05 bits per heavy atom. The van der Waals surface area contributed by atoms with Gasteiger partial charge in [-0.15, -0.1) is 0 Å². The summed E-state index contributed by atoms with van der Waals surface area (Å²) < 4.78 is 35.3. The van der Waals surface area contributed by atoms with E-state index < -0.39 is 22.0 Å². The summed E-state index contributed by atoms with van der Waals surface area (Å²) in [4.78, 5) is 15.5. The van der Waals surface area contributed by atoms with Crippen LogP contribution in [0.4, 0.5) is 0 Å². The van der Waals surface area contributed by atoms with Crippen molar-refractivity contribution < 1.29 is 23.1 Å². The Hall–Kier alpha value is -3.72. The molecule has 0 saturated heterocycles. The fraction of sp³-hybridized carbons (Fsp3) is 0.226. The minimum Gasteiger partial charge on any atom is -0.487 e. The average Bonchev–Trinajstić information content (AvgIpc) is 2.96. The summed E-state index contributed by atoms with van der Waals surface area (Å²) in [6, 6.07) is 23.5. The highest BCUT2D eigenvalue weighted by molar-refractivity contribution is 7.89. The van der Waals surface area contributed by atoms with Crippen LogP contribution in [-0.4, -0.2) is 35.3 Å². The SMILES string of the molecule is Cc1c(Cl)cccc1S(=O)(=O)N(CCCC(=O)O)[C@@H](C)c1cccc(-c2ccncc2OCc2ccccc2)c1. The number of hydrogen-bond acceptors (Lipinski definition) is 5. The number of nitrogens with zero attached hydrogens (tertiary/aromatic N) is 2. The number of pyridine rings is 1. The van der Waals surface area contributed by atoms with E-state index in [4.69, 9.17) is 16.3 Å². The summed E-state index contributed by atoms with van der Waals surface area (Å²) in [7, 11) is -4.00. The van der Waals surface area contributed by atoms with E-state index in [1.54, 1.807) is 38.4 Å². The number of aromatic nitrogens is 1. The highest BCUT2D eigenvalue weighted by Gasteiger charge is 2.31. The molecule has 4 rings (SSSR count). The third kappa shape index (κ3) is 6.88. The predicted molar refractivity (Wildman–Crippen MR) is 156 cm³/mol. The first-order valence-electron chi connectivity index (χ1n) is 12.9. The Kier molecular flexibility index (Phi) is 9.58. The molecule has 1 atom stereocenters. The second-order valence-electron chi connectivity index (χ2n) is 9.42. The van der Waals surface area contributed by atoms with Crippen LogP contribution in [0.2, 0.25) is 5.02 Å². The molecule has 208 valence electrons. The zero-order chi connectivity index (χ0) is 28.7. The molecule has 0 amide bonds. The minimum atomic E-state index is -4.00. The smallest absolute Gasteiger partial charge is 0.303 e. The van der Waals surface area contributed by atoms with Crippen molar-refractivity contribution in [2.24, 2.45) is 0 Å². The Balaban J connectivity index is 1.67. The Bertz CT molecular complexity index is 1580. The molecule has 1 heterocycles. The van der Waals surface area contributed by atoms with Crippen molar-refractivity contribution in [3.05, 3.63) is 113 Å². The number of carbonyl (C=O) groups is 1. The van der Waals surface area contributed by atoms with Crippen LogP contribution in [0.15, 0.2) is 96.2 Å². The van der Waals surface area contributed by atoms with E-state index in [0.29, 0.717) is 22.9 Å². The van der Waals surface area contributed by atoms with Gasteiger partial charge >= 0.3 is 5.97 Å². The molecule has 1 aromatic heterocycles. The van der Waals surface area contributed by atoms with E-state index in [1.165, 1.54) is 10.4 Å². The third-order valence-electron chi connectivity index (χ3n) is 6.71. The number of ether oxygens (including phenoxy) is 1. The lowest BCUT2D eigenvalue weighted by Crippen LogP contribution is -2.35. The van der Waals surface area contributed by atoms with Crippen molar-refractivity contribution in [2.75, 3.05) is 6.54 Å². The van der Waals surface area contributed by atoms with Crippen LogP contribution < -0.4 is 4.74 Å². The molecule has 0 fully saturated rings. The first kappa shape index (κ1) is 29.3. The molecular weight excluding hydrogens is 548 g/mol. The van der Waals surface area contributed by atoms with Crippen molar-refractivity contribution in [2.45, 2.75) is 44.2 Å². The van der Waals surface area contributed by atoms with E-state index >= 15 is 0 Å². The fourth-order valence-electron chi connectivity index (χ4n) is 4.50. The number of carboxylic acids is 1. The van der Waals surface area contributed by atoms with Crippen molar-refractivity contribution in [3.8, 4) is 16.9 Å². The molecule has 0 aliphatic carbocycles. The molecule has 0 aliphatic rings. The number of aliphatic carboxylic acids is 1. The Morgan fingerprint density at radius 2 is 1.80 bits per heavy atom. The van der Waals surface area contributed by atoms with Gasteiger partial charge in [-0.3, -0.25) is 9.78 Å². The van der Waals surface area contributed by atoms with E-state index in [2.05, 4.69) is 4.98 Å². The Morgan fingerprint density at radius 3 is 2.55 bits per heavy atom. The molecule has 7 nitrogen and oxygen atoms in total. The first-order valence-corrected chi connectivity index (χ1v) is 14.7. The summed E-state index contributed by atoms with van der Waals surface area (Å²) in [5.41, 5.74) is 3.90. The lowest BCUT2D eigenvalue weighted by atomic mass is 10.00. The summed E-state index contributed by atoms with van der Waals surface area (Å²) in [6.07, 6.45) is 3.37. The maximum Gasteiger partial charge on any atom is 0.303 e. The number of sulfonamides is 1. The summed E-state index contributed by atoms with van der Waals surface area (Å²) in [5.74, 6) is -0.372. The average molecular weight is 579 g/mol. The first-order chi connectivity index (χ1) is 19.2. The van der Waals surface area contributed by atoms with Crippen LogP contribution in [-0.2, 0) is 21.4 Å². The summed E-state index contributed by atoms with van der Waals surface area (Å²) in [6.45, 7) is 3.88. The molecule has 0 spiro atoms. The molecule has 0 unspecified atom stereocenters. The van der Waals surface area contributed by atoms with E-state index in [0.717, 1.165) is 22.3 Å². The molecule has 0 bridgehead atoms. The topological polar surface area (TPSA) is 96.8 Å². The molecule has 4 aromatic rings. The number of benzene rings is 3. The van der Waals surface area contributed by atoms with E-state index in [1.807, 2.05) is 60.7 Å². The minimum absolute atomic E-state index is 0.0344. The van der Waals surface area contributed by atoms with Crippen LogP contribution in [0.25, 0.3) is 11.1 Å². The van der Waals surface area contributed by atoms with Gasteiger partial charge in [0.1, 0.15) is 12.4 Å². The van der Waals surface area contributed by atoms with Crippen LogP contribution in [0.5, 0.6) is 5.75 Å². The Labute approximate surface area is 240 Å². The van der Waals surface area contributed by atoms with Gasteiger partial charge < -0.3 is 9.84 Å². The largest absolute Gasteiger partial charge is 0.487 e. The van der Waals surface area contributed by atoms with Gasteiger partial charge in [-0.2, -0.15) is 4.31 Å². The molecule has 3 aromatic carbocycles. The van der Waals surface area contributed by atoms with Crippen molar-refractivity contribution in [3.63, 3.8) is 0 Å². The van der Waals surface area contributed by atoms with Crippen LogP contribution in [0, 0.1) is 6.92 Å². The number of rotatable bonds is 12. The zero-order valence-corrected chi connectivity index (χ0v) is 23.9. The van der Waals surface area contributed by atoms with E-state index in [9.17, 15) is 18.3 Å². The zero-order valence-electron chi connectivity index (χ0n) is 22.3. The van der Waals surface area contributed by atoms with Crippen LogP contribution in [0.1, 0.15) is 42.5 Å². The van der Waals surface area contributed by atoms with Gasteiger partial charge in [0.15, 0.2) is 0 Å². The fourth-order valence-corrected chi connectivity index (χ4v) is 6.64. The van der Waals surface area contributed by atoms with Crippen molar-refractivity contribution >= 4 is 27.6 Å². The van der Waals surface area contributed by atoms with Crippen molar-refractivity contribution in [1.29, 1.82) is 0 Å². The third-order valence-corrected chi connectivity index (χ3v) is 9.23. The quantitative estimate of drug-likeness (QED) is 0.196. The van der Waals surface area contributed by atoms with Crippen molar-refractivity contribution in [1.82, 2.24) is 9.29 Å². The lowest BCUT2D eigenvalue weighted by Gasteiger charge is -2.29. The van der Waals surface area contributed by atoms with Gasteiger partial charge in [0, 0.05) is 35.8 Å². The molecule has 40 heavy (non-hydrogen) atoms. The lowest BCUT2D eigenvalue weighted by molar-refractivity contribution is -0.137. The van der Waals surface area contributed by atoms with Gasteiger partial charge in [0.05, 0.1) is 11.1 Å². The number of halogens is 1. The summed E-state index contributed by atoms with van der Waals surface area (Å²) >= 11 is 6.26. The standard InChI is InChI=1S/C31H31ClN2O5S/c1-22-28(32)13-7-14-30(22)40(37,38)34(18-8-15-31(35)36)23(2)25-11-6-12-26(19-25)27-16-17-33-20-29(27)39-21-24-9-4-3-5-10-24/h3-7,9-14,16-17,19-20,23H,8,15,18,21H2,1-2H3,(H,35,36)/t23-/m0/s1. The highest BCUT2D eigenvalue weighted by atomic mass is 35.5. The van der Waals surface area contributed by atoms with E-state index in [-0.39, 0.29) is 24.3 Å². The molecule has 1 N–H and O–H groups in total. The molecular formula is C31H31ClN2O5S. The second-order valence-corrected chi connectivity index (χ2v) is 11.7. The molecule has 0 aliphatic heterocycles. The number of carboxylic acid groups (broad SMARTS) is 1.